The Morgan fingerprint density at radius 2 is 1.28 bits per heavy atom. The number of hydrogen-bond donors (Lipinski definition) is 1. The fourth-order valence-electron chi connectivity index (χ4n) is 1.42. The molecule has 0 atom stereocenters. The average Bonchev–Trinajstić information content (AvgIpc) is 2.93. The minimum Gasteiger partial charge on any atom is -0.490 e. The van der Waals surface area contributed by atoms with Crippen LogP contribution in [0.25, 0.3) is 11.1 Å². The molecule has 1 heterocycles. The molecule has 0 aliphatic carbocycles. The second-order valence-corrected chi connectivity index (χ2v) is 3.50. The van der Waals surface area contributed by atoms with Gasteiger partial charge in [-0.05, 0) is 11.1 Å². The number of benzene rings is 2. The summed E-state index contributed by atoms with van der Waals surface area (Å²) >= 11 is 0. The first-order valence-electron chi connectivity index (χ1n) is 5.43. The van der Waals surface area contributed by atoms with Gasteiger partial charge in [-0.15, -0.1) is 0 Å². The monoisotopic (exact) mass is 240 g/mol. The number of aromatic hydroxyl groups is 1. The van der Waals surface area contributed by atoms with E-state index >= 15 is 0 Å². The molecule has 1 N–H and O–H groups in total. The zero-order chi connectivity index (χ0) is 12.6. The third kappa shape index (κ3) is 3.45. The molecule has 0 saturated carbocycles. The highest BCUT2D eigenvalue weighted by atomic mass is 16.5. The second-order valence-electron chi connectivity index (χ2n) is 3.50. The third-order valence-electron chi connectivity index (χ3n) is 2.23. The van der Waals surface area contributed by atoms with E-state index < -0.39 is 0 Å². The summed E-state index contributed by atoms with van der Waals surface area (Å²) in [4.78, 5) is 0. The lowest BCUT2D eigenvalue weighted by Gasteiger charge is -1.98. The molecule has 4 heteroatoms. The van der Waals surface area contributed by atoms with Crippen molar-refractivity contribution in [3.05, 3.63) is 66.9 Å². The molecule has 3 aromatic rings. The van der Waals surface area contributed by atoms with Crippen LogP contribution in [0.3, 0.4) is 0 Å². The van der Waals surface area contributed by atoms with Crippen molar-refractivity contribution in [3.8, 4) is 17.0 Å². The van der Waals surface area contributed by atoms with Gasteiger partial charge >= 0.3 is 0 Å². The van der Waals surface area contributed by atoms with E-state index in [1.165, 1.54) is 11.1 Å². The molecular formula is C14H12N2O2. The fourth-order valence-corrected chi connectivity index (χ4v) is 1.42. The summed E-state index contributed by atoms with van der Waals surface area (Å²) < 4.78 is 4.10. The molecule has 0 spiro atoms. The normalized spacial score (nSPS) is 9.33. The van der Waals surface area contributed by atoms with Crippen LogP contribution in [-0.2, 0) is 0 Å². The highest BCUT2D eigenvalue weighted by Gasteiger charge is 1.91. The first-order valence-corrected chi connectivity index (χ1v) is 5.43. The van der Waals surface area contributed by atoms with Gasteiger partial charge < -0.3 is 9.63 Å². The molecule has 1 aromatic heterocycles. The van der Waals surface area contributed by atoms with Crippen molar-refractivity contribution in [1.82, 2.24) is 10.4 Å². The van der Waals surface area contributed by atoms with Crippen molar-refractivity contribution in [3.63, 3.8) is 0 Å². The molecular weight excluding hydrogens is 228 g/mol. The van der Waals surface area contributed by atoms with Gasteiger partial charge in [-0.3, -0.25) is 0 Å². The van der Waals surface area contributed by atoms with E-state index in [1.807, 2.05) is 12.1 Å². The van der Waals surface area contributed by atoms with Crippen LogP contribution < -0.4 is 0 Å². The summed E-state index contributed by atoms with van der Waals surface area (Å²) in [5.74, 6) is -0.185. The lowest BCUT2D eigenvalue weighted by Crippen LogP contribution is -1.73. The molecule has 0 amide bonds. The van der Waals surface area contributed by atoms with Gasteiger partial charge in [0, 0.05) is 5.27 Å². The molecule has 18 heavy (non-hydrogen) atoms. The van der Waals surface area contributed by atoms with E-state index in [2.05, 4.69) is 63.4 Å². The van der Waals surface area contributed by atoms with E-state index in [4.69, 9.17) is 5.11 Å². The van der Waals surface area contributed by atoms with Crippen molar-refractivity contribution in [1.29, 1.82) is 0 Å². The number of rotatable bonds is 1. The van der Waals surface area contributed by atoms with Crippen LogP contribution in [0.5, 0.6) is 5.88 Å². The standard InChI is InChI=1S/C12H10.C2H2N2O2/c1-3-7-11(8-4-1)12-9-5-2-6-10-12;5-2-1-6-4-3-2/h1-10H;1,5H. The van der Waals surface area contributed by atoms with Crippen LogP contribution in [0.2, 0.25) is 0 Å². The molecule has 3 rings (SSSR count). The van der Waals surface area contributed by atoms with Gasteiger partial charge in [0.05, 0.1) is 0 Å². The summed E-state index contributed by atoms with van der Waals surface area (Å²) in [6, 6.07) is 20.8. The molecule has 0 bridgehead atoms. The highest BCUT2D eigenvalue weighted by Crippen LogP contribution is 2.17. The fraction of sp³-hybridized carbons (Fsp3) is 0. The average molecular weight is 240 g/mol. The van der Waals surface area contributed by atoms with E-state index in [1.54, 1.807) is 0 Å². The first kappa shape index (κ1) is 11.9. The predicted octanol–water partition coefficient (Wildman–Crippen LogP) is 3.13. The molecule has 0 aliphatic rings. The van der Waals surface area contributed by atoms with E-state index in [0.717, 1.165) is 6.26 Å². The van der Waals surface area contributed by atoms with Gasteiger partial charge in [-0.2, -0.15) is 0 Å². The summed E-state index contributed by atoms with van der Waals surface area (Å²) in [6.45, 7) is 0. The summed E-state index contributed by atoms with van der Waals surface area (Å²) in [5.41, 5.74) is 2.55. The topological polar surface area (TPSA) is 59.2 Å². The van der Waals surface area contributed by atoms with E-state index in [-0.39, 0.29) is 5.88 Å². The van der Waals surface area contributed by atoms with Crippen molar-refractivity contribution in [2.75, 3.05) is 0 Å². The maximum Gasteiger partial charge on any atom is 0.273 e. The minimum atomic E-state index is -0.185. The van der Waals surface area contributed by atoms with Gasteiger partial charge in [0.25, 0.3) is 5.88 Å². The third-order valence-corrected chi connectivity index (χ3v) is 2.23. The molecule has 0 unspecified atom stereocenters. The Labute approximate surface area is 104 Å². The first-order chi connectivity index (χ1) is 8.86. The Morgan fingerprint density at radius 3 is 1.56 bits per heavy atom. The number of aromatic nitrogens is 2. The van der Waals surface area contributed by atoms with Gasteiger partial charge in [0.1, 0.15) is 0 Å². The Kier molecular flexibility index (Phi) is 4.08. The molecule has 90 valence electrons. The quantitative estimate of drug-likeness (QED) is 0.710. The van der Waals surface area contributed by atoms with Crippen molar-refractivity contribution in [2.45, 2.75) is 0 Å². The van der Waals surface area contributed by atoms with Gasteiger partial charge in [0.15, 0.2) is 6.26 Å². The Hall–Kier alpha value is -2.62. The zero-order valence-electron chi connectivity index (χ0n) is 9.60. The van der Waals surface area contributed by atoms with Gasteiger partial charge in [-0.25, -0.2) is 0 Å². The molecule has 2 aromatic carbocycles. The Bertz CT molecular complexity index is 513. The lowest BCUT2D eigenvalue weighted by atomic mass is 10.1. The van der Waals surface area contributed by atoms with E-state index in [0.29, 0.717) is 0 Å². The van der Waals surface area contributed by atoms with E-state index in [9.17, 15) is 0 Å². The van der Waals surface area contributed by atoms with Crippen molar-refractivity contribution < 1.29 is 9.63 Å². The van der Waals surface area contributed by atoms with Crippen LogP contribution in [-0.4, -0.2) is 15.5 Å². The Balaban J connectivity index is 0.000000169. The maximum absolute atomic E-state index is 8.20. The Morgan fingerprint density at radius 1 is 0.778 bits per heavy atom. The van der Waals surface area contributed by atoms with Crippen LogP contribution >= 0.6 is 0 Å². The second kappa shape index (κ2) is 6.20. The zero-order valence-corrected chi connectivity index (χ0v) is 9.60. The molecule has 4 nitrogen and oxygen atoms in total. The highest BCUT2D eigenvalue weighted by molar-refractivity contribution is 5.62. The largest absolute Gasteiger partial charge is 0.490 e. The maximum atomic E-state index is 8.20. The van der Waals surface area contributed by atoms with Gasteiger partial charge in [0.2, 0.25) is 0 Å². The molecule has 0 saturated heterocycles. The smallest absolute Gasteiger partial charge is 0.273 e. The van der Waals surface area contributed by atoms with Crippen LogP contribution in [0.15, 0.2) is 71.4 Å². The lowest BCUT2D eigenvalue weighted by molar-refractivity contribution is 0.392. The molecule has 0 fully saturated rings. The van der Waals surface area contributed by atoms with Crippen molar-refractivity contribution in [2.24, 2.45) is 0 Å². The SMILES string of the molecule is Oc1conn1.c1ccc(-c2ccccc2)cc1. The summed E-state index contributed by atoms with van der Waals surface area (Å²) in [5, 5.41) is 14.2. The number of hydrogen-bond acceptors (Lipinski definition) is 4. The summed E-state index contributed by atoms with van der Waals surface area (Å²) in [6.07, 6.45) is 1.04. The summed E-state index contributed by atoms with van der Waals surface area (Å²) in [7, 11) is 0. The number of nitrogens with zero attached hydrogens (tertiary/aromatic N) is 2. The van der Waals surface area contributed by atoms with Crippen LogP contribution in [0.1, 0.15) is 0 Å². The van der Waals surface area contributed by atoms with Crippen LogP contribution in [0.4, 0.5) is 0 Å². The minimum absolute atomic E-state index is 0.185. The molecule has 0 radical (unpaired) electrons. The van der Waals surface area contributed by atoms with Crippen LogP contribution in [0, 0.1) is 0 Å². The predicted molar refractivity (Wildman–Crippen MR) is 67.8 cm³/mol. The molecule has 0 aliphatic heterocycles. The van der Waals surface area contributed by atoms with Crippen molar-refractivity contribution >= 4 is 0 Å². The van der Waals surface area contributed by atoms with Gasteiger partial charge in [-0.1, -0.05) is 65.8 Å².